The predicted octanol–water partition coefficient (Wildman–Crippen LogP) is 4.75. The number of aryl methyl sites for hydroxylation is 2. The first-order chi connectivity index (χ1) is 10.5. The Morgan fingerprint density at radius 2 is 1.86 bits per heavy atom. The van der Waals surface area contributed by atoms with Gasteiger partial charge in [0.15, 0.2) is 0 Å². The van der Waals surface area contributed by atoms with Crippen LogP contribution >= 0.6 is 0 Å². The lowest BCUT2D eigenvalue weighted by molar-refractivity contribution is 0.253. The first-order valence-electron chi connectivity index (χ1n) is 7.66. The van der Waals surface area contributed by atoms with Crippen LogP contribution in [0, 0.1) is 13.8 Å². The lowest BCUT2D eigenvalue weighted by atomic mass is 10.1. The maximum atomic E-state index is 9.48. The quantitative estimate of drug-likeness (QED) is 0.811. The molecule has 2 aromatic carbocycles. The SMILES string of the molecule is C=CCc1cccc(C)c1O.Cc1cccc2c1OC(C)C2. The van der Waals surface area contributed by atoms with Crippen LogP contribution in [0.25, 0.3) is 0 Å². The van der Waals surface area contributed by atoms with Gasteiger partial charge in [0.1, 0.15) is 17.6 Å². The van der Waals surface area contributed by atoms with E-state index >= 15 is 0 Å². The summed E-state index contributed by atoms with van der Waals surface area (Å²) in [7, 11) is 0. The molecule has 0 radical (unpaired) electrons. The zero-order chi connectivity index (χ0) is 16.1. The van der Waals surface area contributed by atoms with E-state index in [-0.39, 0.29) is 0 Å². The van der Waals surface area contributed by atoms with Gasteiger partial charge in [-0.2, -0.15) is 0 Å². The molecular formula is C20H24O2. The molecule has 0 spiro atoms. The van der Waals surface area contributed by atoms with Crippen molar-refractivity contribution in [2.45, 2.75) is 39.7 Å². The van der Waals surface area contributed by atoms with E-state index < -0.39 is 0 Å². The molecule has 1 heterocycles. The van der Waals surface area contributed by atoms with Crippen LogP contribution in [0.5, 0.6) is 11.5 Å². The summed E-state index contributed by atoms with van der Waals surface area (Å²) in [6.07, 6.45) is 3.95. The molecule has 2 heteroatoms. The largest absolute Gasteiger partial charge is 0.507 e. The third kappa shape index (κ3) is 3.70. The monoisotopic (exact) mass is 296 g/mol. The van der Waals surface area contributed by atoms with Crippen molar-refractivity contribution in [2.75, 3.05) is 0 Å². The van der Waals surface area contributed by atoms with Gasteiger partial charge in [0.25, 0.3) is 0 Å². The molecular weight excluding hydrogens is 272 g/mol. The number of ether oxygens (including phenoxy) is 1. The van der Waals surface area contributed by atoms with Crippen molar-refractivity contribution in [3.05, 3.63) is 71.3 Å². The maximum Gasteiger partial charge on any atom is 0.125 e. The lowest BCUT2D eigenvalue weighted by Gasteiger charge is -2.04. The molecule has 0 bridgehead atoms. The van der Waals surface area contributed by atoms with Gasteiger partial charge in [0.2, 0.25) is 0 Å². The van der Waals surface area contributed by atoms with E-state index in [4.69, 9.17) is 4.74 Å². The van der Waals surface area contributed by atoms with Crippen molar-refractivity contribution >= 4 is 0 Å². The minimum atomic E-state index is 0.367. The van der Waals surface area contributed by atoms with Crippen LogP contribution in [0.15, 0.2) is 49.1 Å². The van der Waals surface area contributed by atoms with Crippen molar-refractivity contribution in [1.82, 2.24) is 0 Å². The van der Waals surface area contributed by atoms with Gasteiger partial charge < -0.3 is 9.84 Å². The fourth-order valence-electron chi connectivity index (χ4n) is 2.64. The number of hydrogen-bond donors (Lipinski definition) is 1. The third-order valence-electron chi connectivity index (χ3n) is 3.81. The van der Waals surface area contributed by atoms with Gasteiger partial charge in [-0.15, -0.1) is 6.58 Å². The number of phenols is 1. The Morgan fingerprint density at radius 3 is 2.55 bits per heavy atom. The van der Waals surface area contributed by atoms with Crippen LogP contribution in [0.3, 0.4) is 0 Å². The smallest absolute Gasteiger partial charge is 0.125 e. The minimum Gasteiger partial charge on any atom is -0.507 e. The molecule has 22 heavy (non-hydrogen) atoms. The number of benzene rings is 2. The highest BCUT2D eigenvalue weighted by atomic mass is 16.5. The topological polar surface area (TPSA) is 29.5 Å². The fraction of sp³-hybridized carbons (Fsp3) is 0.300. The highest BCUT2D eigenvalue weighted by Crippen LogP contribution is 2.31. The molecule has 1 unspecified atom stereocenters. The molecule has 1 aliphatic heterocycles. The summed E-state index contributed by atoms with van der Waals surface area (Å²) in [6.45, 7) is 9.71. The van der Waals surface area contributed by atoms with E-state index in [1.165, 1.54) is 11.1 Å². The zero-order valence-corrected chi connectivity index (χ0v) is 13.6. The summed E-state index contributed by atoms with van der Waals surface area (Å²) >= 11 is 0. The number of rotatable bonds is 2. The zero-order valence-electron chi connectivity index (χ0n) is 13.6. The second-order valence-electron chi connectivity index (χ2n) is 5.77. The Kier molecular flexibility index (Phi) is 5.26. The van der Waals surface area contributed by atoms with Gasteiger partial charge in [-0.1, -0.05) is 42.5 Å². The summed E-state index contributed by atoms with van der Waals surface area (Å²) < 4.78 is 5.64. The summed E-state index contributed by atoms with van der Waals surface area (Å²) in [4.78, 5) is 0. The number of phenolic OH excluding ortho intramolecular Hbond substituents is 1. The first kappa shape index (κ1) is 16.2. The molecule has 1 N–H and O–H groups in total. The van der Waals surface area contributed by atoms with E-state index in [0.29, 0.717) is 11.9 Å². The molecule has 1 atom stereocenters. The Balaban J connectivity index is 0.000000160. The highest BCUT2D eigenvalue weighted by Gasteiger charge is 2.19. The van der Waals surface area contributed by atoms with Crippen LogP contribution in [0.1, 0.15) is 29.2 Å². The van der Waals surface area contributed by atoms with Gasteiger partial charge in [-0.25, -0.2) is 0 Å². The van der Waals surface area contributed by atoms with Gasteiger partial charge in [0.05, 0.1) is 0 Å². The van der Waals surface area contributed by atoms with E-state index in [0.717, 1.165) is 29.7 Å². The molecule has 0 fully saturated rings. The van der Waals surface area contributed by atoms with Gasteiger partial charge >= 0.3 is 0 Å². The molecule has 0 aliphatic carbocycles. The molecule has 0 saturated carbocycles. The predicted molar refractivity (Wildman–Crippen MR) is 91.7 cm³/mol. The number of para-hydroxylation sites is 2. The van der Waals surface area contributed by atoms with Gasteiger partial charge in [-0.3, -0.25) is 0 Å². The lowest BCUT2D eigenvalue weighted by Crippen LogP contribution is -2.05. The molecule has 1 aliphatic rings. The second kappa shape index (κ2) is 7.17. The molecule has 2 aromatic rings. The third-order valence-corrected chi connectivity index (χ3v) is 3.81. The summed E-state index contributed by atoms with van der Waals surface area (Å²) in [5, 5.41) is 9.48. The normalized spacial score (nSPS) is 15.3. The molecule has 0 aromatic heterocycles. The minimum absolute atomic E-state index is 0.367. The Bertz CT molecular complexity index is 659. The standard InChI is InChI=1S/2C10H12O/c1-7-4-3-5-9-6-8(2)11-10(7)9;1-3-5-9-7-4-6-8(2)10(9)11/h3-5,8H,6H2,1-2H3;3-4,6-7,11H,1,5H2,2H3. The molecule has 2 nitrogen and oxygen atoms in total. The van der Waals surface area contributed by atoms with Crippen LogP contribution in [0.4, 0.5) is 0 Å². The van der Waals surface area contributed by atoms with Crippen molar-refractivity contribution < 1.29 is 9.84 Å². The van der Waals surface area contributed by atoms with Crippen LogP contribution < -0.4 is 4.74 Å². The van der Waals surface area contributed by atoms with Crippen molar-refractivity contribution in [3.8, 4) is 11.5 Å². The van der Waals surface area contributed by atoms with Gasteiger partial charge in [-0.05, 0) is 49.4 Å². The van der Waals surface area contributed by atoms with Crippen LogP contribution in [-0.2, 0) is 12.8 Å². The second-order valence-corrected chi connectivity index (χ2v) is 5.77. The fourth-order valence-corrected chi connectivity index (χ4v) is 2.64. The van der Waals surface area contributed by atoms with Crippen molar-refractivity contribution in [1.29, 1.82) is 0 Å². The van der Waals surface area contributed by atoms with E-state index in [1.807, 2.05) is 25.1 Å². The highest BCUT2D eigenvalue weighted by molar-refractivity contribution is 5.43. The number of aromatic hydroxyl groups is 1. The number of allylic oxidation sites excluding steroid dienone is 1. The van der Waals surface area contributed by atoms with E-state index in [9.17, 15) is 5.11 Å². The number of hydrogen-bond acceptors (Lipinski definition) is 2. The molecule has 3 rings (SSSR count). The Labute approximate surface area is 133 Å². The summed E-state index contributed by atoms with van der Waals surface area (Å²) in [6, 6.07) is 12.1. The van der Waals surface area contributed by atoms with E-state index in [1.54, 1.807) is 6.08 Å². The van der Waals surface area contributed by atoms with Crippen LogP contribution in [0.2, 0.25) is 0 Å². The summed E-state index contributed by atoms with van der Waals surface area (Å²) in [5.41, 5.74) is 4.48. The molecule has 0 amide bonds. The maximum absolute atomic E-state index is 9.48. The van der Waals surface area contributed by atoms with Gasteiger partial charge in [0, 0.05) is 6.42 Å². The average Bonchev–Trinajstić information content (AvgIpc) is 2.87. The molecule has 0 saturated heterocycles. The Hall–Kier alpha value is -2.22. The van der Waals surface area contributed by atoms with Crippen molar-refractivity contribution in [3.63, 3.8) is 0 Å². The first-order valence-corrected chi connectivity index (χ1v) is 7.66. The van der Waals surface area contributed by atoms with Crippen LogP contribution in [-0.4, -0.2) is 11.2 Å². The molecule has 116 valence electrons. The van der Waals surface area contributed by atoms with Crippen molar-refractivity contribution in [2.24, 2.45) is 0 Å². The average molecular weight is 296 g/mol. The number of fused-ring (bicyclic) bond motifs is 1. The summed E-state index contributed by atoms with van der Waals surface area (Å²) in [5.74, 6) is 1.51. The van der Waals surface area contributed by atoms with E-state index in [2.05, 4.69) is 38.6 Å². The Morgan fingerprint density at radius 1 is 1.18 bits per heavy atom.